The molecular weight excluding hydrogens is 310 g/mol. The van der Waals surface area contributed by atoms with E-state index in [1.54, 1.807) is 30.5 Å². The van der Waals surface area contributed by atoms with Gasteiger partial charge in [-0.25, -0.2) is 18.1 Å². The number of aromatic nitrogens is 1. The van der Waals surface area contributed by atoms with Crippen molar-refractivity contribution in [2.45, 2.75) is 11.3 Å². The molecule has 1 heterocycles. The van der Waals surface area contributed by atoms with Crippen LogP contribution in [-0.2, 0) is 20.8 Å². The molecule has 0 saturated heterocycles. The van der Waals surface area contributed by atoms with Crippen LogP contribution in [0, 0.1) is 0 Å². The number of nitrogen functional groups attached to an aromatic ring is 1. The number of hydrogen-bond donors (Lipinski definition) is 2. The summed E-state index contributed by atoms with van der Waals surface area (Å²) in [4.78, 5) is 4.30. The van der Waals surface area contributed by atoms with Gasteiger partial charge in [0.25, 0.3) is 0 Å². The molecule has 2 rings (SSSR count). The number of fused-ring (bicyclic) bond motifs is 1. The second-order valence-corrected chi connectivity index (χ2v) is 7.94. The number of anilines is 1. The molecule has 0 aliphatic rings. The van der Waals surface area contributed by atoms with Gasteiger partial charge in [0.15, 0.2) is 0 Å². The normalized spacial score (nSPS) is 13.4. The number of pyridine rings is 1. The topological polar surface area (TPSA) is 102 Å². The van der Waals surface area contributed by atoms with E-state index in [2.05, 4.69) is 9.71 Å². The quantitative estimate of drug-likeness (QED) is 0.766. The van der Waals surface area contributed by atoms with E-state index in [0.717, 1.165) is 0 Å². The molecule has 6 nitrogen and oxygen atoms in total. The molecule has 3 N–H and O–H groups in total. The summed E-state index contributed by atoms with van der Waals surface area (Å²) < 4.78 is 37.7. The first-order valence-electron chi connectivity index (χ1n) is 6.34. The molecule has 1 atom stereocenters. The molecule has 0 bridgehead atoms. The summed E-state index contributed by atoms with van der Waals surface area (Å²) >= 11 is 0. The lowest BCUT2D eigenvalue weighted by atomic mass is 10.2. The van der Waals surface area contributed by atoms with Crippen molar-refractivity contribution in [3.63, 3.8) is 0 Å². The van der Waals surface area contributed by atoms with E-state index in [9.17, 15) is 12.6 Å². The summed E-state index contributed by atoms with van der Waals surface area (Å²) in [5.74, 6) is 0.868. The van der Waals surface area contributed by atoms with Gasteiger partial charge in [0, 0.05) is 34.7 Å². The van der Waals surface area contributed by atoms with Gasteiger partial charge in [-0.05, 0) is 36.8 Å². The number of nitrogens with two attached hydrogens (primary N) is 1. The van der Waals surface area contributed by atoms with Crippen LogP contribution in [0.3, 0.4) is 0 Å². The zero-order valence-electron chi connectivity index (χ0n) is 11.6. The van der Waals surface area contributed by atoms with Crippen LogP contribution in [-0.4, -0.2) is 36.2 Å². The lowest BCUT2D eigenvalue weighted by molar-refractivity contribution is 0.581. The van der Waals surface area contributed by atoms with Gasteiger partial charge in [0.2, 0.25) is 10.0 Å². The molecule has 21 heavy (non-hydrogen) atoms. The van der Waals surface area contributed by atoms with E-state index >= 15 is 0 Å². The monoisotopic (exact) mass is 327 g/mol. The Balaban J connectivity index is 2.16. The Hall–Kier alpha value is -1.51. The van der Waals surface area contributed by atoms with Crippen LogP contribution in [0.5, 0.6) is 0 Å². The van der Waals surface area contributed by atoms with Gasteiger partial charge < -0.3 is 5.73 Å². The summed E-state index contributed by atoms with van der Waals surface area (Å²) in [7, 11) is -4.48. The number of benzene rings is 1. The van der Waals surface area contributed by atoms with Crippen molar-refractivity contribution in [3.8, 4) is 0 Å². The van der Waals surface area contributed by atoms with E-state index in [1.165, 1.54) is 6.07 Å². The zero-order valence-corrected chi connectivity index (χ0v) is 13.2. The van der Waals surface area contributed by atoms with Gasteiger partial charge in [-0.15, -0.1) is 0 Å². The SMILES string of the molecule is CS(=O)CCCNS(=O)(=O)c1ccc2nc(N)ccc2c1. The molecular formula is C13H17N3O3S2. The van der Waals surface area contributed by atoms with E-state index in [-0.39, 0.29) is 11.4 Å². The molecule has 0 amide bonds. The Kier molecular flexibility index (Phi) is 4.92. The summed E-state index contributed by atoms with van der Waals surface area (Å²) in [5, 5.41) is 0.710. The highest BCUT2D eigenvalue weighted by molar-refractivity contribution is 7.89. The second kappa shape index (κ2) is 6.50. The molecule has 1 aromatic heterocycles. The minimum Gasteiger partial charge on any atom is -0.384 e. The van der Waals surface area contributed by atoms with Gasteiger partial charge in [0.1, 0.15) is 5.82 Å². The van der Waals surface area contributed by atoms with Crippen LogP contribution in [0.1, 0.15) is 6.42 Å². The predicted molar refractivity (Wildman–Crippen MR) is 84.9 cm³/mol. The third-order valence-corrected chi connectivity index (χ3v) is 5.22. The largest absolute Gasteiger partial charge is 0.384 e. The Morgan fingerprint density at radius 2 is 2.05 bits per heavy atom. The Morgan fingerprint density at radius 1 is 1.29 bits per heavy atom. The zero-order chi connectivity index (χ0) is 15.5. The minimum absolute atomic E-state index is 0.180. The summed E-state index contributed by atoms with van der Waals surface area (Å²) in [6.45, 7) is 0.264. The first kappa shape index (κ1) is 15.9. The van der Waals surface area contributed by atoms with E-state index in [4.69, 9.17) is 5.73 Å². The third-order valence-electron chi connectivity index (χ3n) is 2.89. The van der Waals surface area contributed by atoms with Crippen molar-refractivity contribution < 1.29 is 12.6 Å². The fourth-order valence-electron chi connectivity index (χ4n) is 1.85. The fraction of sp³-hybridized carbons (Fsp3) is 0.308. The summed E-state index contributed by atoms with van der Waals surface area (Å²) in [6, 6.07) is 8.04. The lowest BCUT2D eigenvalue weighted by Crippen LogP contribution is -2.25. The number of nitrogens with zero attached hydrogens (tertiary/aromatic N) is 1. The van der Waals surface area contributed by atoms with Crippen molar-refractivity contribution >= 4 is 37.5 Å². The highest BCUT2D eigenvalue weighted by Crippen LogP contribution is 2.18. The molecule has 8 heteroatoms. The average Bonchev–Trinajstić information content (AvgIpc) is 2.43. The van der Waals surface area contributed by atoms with E-state index in [0.29, 0.717) is 28.9 Å². The van der Waals surface area contributed by atoms with Crippen molar-refractivity contribution in [1.29, 1.82) is 0 Å². The van der Waals surface area contributed by atoms with Gasteiger partial charge in [0.05, 0.1) is 10.4 Å². The van der Waals surface area contributed by atoms with Gasteiger partial charge in [-0.2, -0.15) is 0 Å². The number of sulfonamides is 1. The Labute approximate surface area is 126 Å². The molecule has 0 aliphatic heterocycles. The van der Waals surface area contributed by atoms with Crippen LogP contribution < -0.4 is 10.5 Å². The maximum absolute atomic E-state index is 12.2. The van der Waals surface area contributed by atoms with Crippen LogP contribution in [0.2, 0.25) is 0 Å². The number of rotatable bonds is 6. The number of hydrogen-bond acceptors (Lipinski definition) is 5. The predicted octanol–water partition coefficient (Wildman–Crippen LogP) is 0.864. The summed E-state index contributed by atoms with van der Waals surface area (Å²) in [6.07, 6.45) is 2.13. The van der Waals surface area contributed by atoms with Crippen molar-refractivity contribution in [2.75, 3.05) is 24.3 Å². The molecule has 2 aromatic rings. The average molecular weight is 327 g/mol. The molecule has 1 aromatic carbocycles. The highest BCUT2D eigenvalue weighted by Gasteiger charge is 2.14. The first-order valence-corrected chi connectivity index (χ1v) is 9.55. The fourth-order valence-corrected chi connectivity index (χ4v) is 3.51. The molecule has 114 valence electrons. The van der Waals surface area contributed by atoms with Crippen LogP contribution in [0.4, 0.5) is 5.82 Å². The van der Waals surface area contributed by atoms with Crippen LogP contribution in [0.15, 0.2) is 35.2 Å². The standard InChI is InChI=1S/C13H17N3O3S2/c1-20(17)8-2-7-15-21(18,19)11-4-5-12-10(9-11)3-6-13(14)16-12/h3-6,9,15H,2,7-8H2,1H3,(H2,14,16). The van der Waals surface area contributed by atoms with Gasteiger partial charge in [-0.3, -0.25) is 4.21 Å². The summed E-state index contributed by atoms with van der Waals surface area (Å²) in [5.41, 5.74) is 6.23. The minimum atomic E-state index is -3.57. The smallest absolute Gasteiger partial charge is 0.240 e. The molecule has 1 unspecified atom stereocenters. The van der Waals surface area contributed by atoms with Crippen molar-refractivity contribution in [3.05, 3.63) is 30.3 Å². The third kappa shape index (κ3) is 4.23. The van der Waals surface area contributed by atoms with Crippen LogP contribution in [0.25, 0.3) is 10.9 Å². The molecule has 0 spiro atoms. The lowest BCUT2D eigenvalue weighted by Gasteiger charge is -2.07. The van der Waals surface area contributed by atoms with Crippen molar-refractivity contribution in [1.82, 2.24) is 9.71 Å². The van der Waals surface area contributed by atoms with Gasteiger partial charge in [-0.1, -0.05) is 0 Å². The maximum atomic E-state index is 12.2. The Morgan fingerprint density at radius 3 is 2.76 bits per heavy atom. The maximum Gasteiger partial charge on any atom is 0.240 e. The highest BCUT2D eigenvalue weighted by atomic mass is 32.2. The number of nitrogens with one attached hydrogen (secondary N) is 1. The van der Waals surface area contributed by atoms with E-state index in [1.807, 2.05) is 0 Å². The molecule has 0 saturated carbocycles. The molecule has 0 fully saturated rings. The van der Waals surface area contributed by atoms with Gasteiger partial charge >= 0.3 is 0 Å². The second-order valence-electron chi connectivity index (χ2n) is 4.62. The first-order chi connectivity index (χ1) is 9.88. The van der Waals surface area contributed by atoms with Crippen molar-refractivity contribution in [2.24, 2.45) is 0 Å². The van der Waals surface area contributed by atoms with Crippen LogP contribution >= 0.6 is 0 Å². The molecule has 0 aliphatic carbocycles. The van der Waals surface area contributed by atoms with E-state index < -0.39 is 20.8 Å². The Bertz CT molecular complexity index is 775. The molecule has 0 radical (unpaired) electrons.